The number of carbonyl (C=O) groups is 3. The number of hydrogen-bond acceptors (Lipinski definition) is 7. The molecule has 3 atom stereocenters. The molecular weight excluding hydrogens is 436 g/mol. The smallest absolute Gasteiger partial charge is 0.209 e. The van der Waals surface area contributed by atoms with Crippen LogP contribution >= 0.6 is 0 Å². The van der Waals surface area contributed by atoms with Gasteiger partial charge >= 0.3 is 0 Å². The van der Waals surface area contributed by atoms with Gasteiger partial charge in [0, 0.05) is 17.9 Å². The van der Waals surface area contributed by atoms with Gasteiger partial charge in [0.1, 0.15) is 29.4 Å². The maximum Gasteiger partial charge on any atom is 0.209 e. The molecule has 0 aliphatic heterocycles. The van der Waals surface area contributed by atoms with Gasteiger partial charge in [0.15, 0.2) is 17.2 Å². The van der Waals surface area contributed by atoms with Crippen LogP contribution in [0.15, 0.2) is 71.2 Å². The maximum atomic E-state index is 13.5. The average molecular weight is 460 g/mol. The summed E-state index contributed by atoms with van der Waals surface area (Å²) in [6, 6.07) is 14.1. The lowest BCUT2D eigenvalue weighted by Gasteiger charge is -2.46. The highest BCUT2D eigenvalue weighted by Crippen LogP contribution is 2.51. The van der Waals surface area contributed by atoms with Gasteiger partial charge in [-0.25, -0.2) is 0 Å². The van der Waals surface area contributed by atoms with Crippen LogP contribution in [0.1, 0.15) is 41.3 Å². The number of phenols is 1. The highest BCUT2D eigenvalue weighted by molar-refractivity contribution is 6.25. The van der Waals surface area contributed by atoms with Crippen LogP contribution in [0.2, 0.25) is 0 Å². The van der Waals surface area contributed by atoms with E-state index >= 15 is 0 Å². The van der Waals surface area contributed by atoms with Crippen molar-refractivity contribution in [3.05, 3.63) is 87.9 Å². The fourth-order valence-electron chi connectivity index (χ4n) is 5.52. The molecule has 3 N–H and O–H groups in total. The number of aromatic hydroxyl groups is 1. The van der Waals surface area contributed by atoms with E-state index in [-0.39, 0.29) is 47.7 Å². The molecule has 2 aromatic rings. The summed E-state index contributed by atoms with van der Waals surface area (Å²) < 4.78 is 5.90. The molecule has 0 aromatic heterocycles. The van der Waals surface area contributed by atoms with Gasteiger partial charge in [0.2, 0.25) is 5.78 Å². The van der Waals surface area contributed by atoms with Crippen molar-refractivity contribution in [1.82, 2.24) is 0 Å². The number of allylic oxidation sites excluding steroid dienone is 2. The van der Waals surface area contributed by atoms with Crippen molar-refractivity contribution in [2.24, 2.45) is 11.8 Å². The second kappa shape index (κ2) is 7.95. The van der Waals surface area contributed by atoms with Crippen LogP contribution in [0.25, 0.3) is 0 Å². The Morgan fingerprint density at radius 3 is 2.50 bits per heavy atom. The van der Waals surface area contributed by atoms with Crippen LogP contribution < -0.4 is 0 Å². The Hall–Kier alpha value is -3.71. The third kappa shape index (κ3) is 3.19. The lowest BCUT2D eigenvalue weighted by molar-refractivity contribution is -0.144. The van der Waals surface area contributed by atoms with E-state index in [0.717, 1.165) is 5.56 Å². The second-order valence-electron chi connectivity index (χ2n) is 9.16. The molecule has 2 aromatic carbocycles. The van der Waals surface area contributed by atoms with Crippen molar-refractivity contribution in [3.63, 3.8) is 0 Å². The normalized spacial score (nSPS) is 26.1. The molecule has 0 unspecified atom stereocenters. The van der Waals surface area contributed by atoms with E-state index in [9.17, 15) is 29.7 Å². The van der Waals surface area contributed by atoms with Gasteiger partial charge in [-0.05, 0) is 42.9 Å². The van der Waals surface area contributed by atoms with Crippen molar-refractivity contribution in [2.45, 2.75) is 38.4 Å². The van der Waals surface area contributed by atoms with Crippen LogP contribution in [0.5, 0.6) is 5.75 Å². The summed E-state index contributed by atoms with van der Waals surface area (Å²) in [5.74, 6) is -4.11. The first-order chi connectivity index (χ1) is 16.2. The number of Topliss-reactive ketones (excluding diaryl/α,β-unsaturated/α-hetero) is 3. The summed E-state index contributed by atoms with van der Waals surface area (Å²) in [5, 5.41) is 32.9. The number of aliphatic hydroxyl groups excluding tert-OH is 1. The van der Waals surface area contributed by atoms with Gasteiger partial charge in [-0.2, -0.15) is 0 Å². The molecule has 34 heavy (non-hydrogen) atoms. The van der Waals surface area contributed by atoms with Crippen molar-refractivity contribution in [3.8, 4) is 5.75 Å². The Labute approximate surface area is 196 Å². The third-order valence-electron chi connectivity index (χ3n) is 7.14. The summed E-state index contributed by atoms with van der Waals surface area (Å²) >= 11 is 0. The van der Waals surface area contributed by atoms with Crippen molar-refractivity contribution in [1.29, 1.82) is 0 Å². The predicted molar refractivity (Wildman–Crippen MR) is 121 cm³/mol. The zero-order chi connectivity index (χ0) is 24.2. The van der Waals surface area contributed by atoms with Crippen LogP contribution in [0.3, 0.4) is 0 Å². The van der Waals surface area contributed by atoms with Gasteiger partial charge in [-0.1, -0.05) is 42.5 Å². The molecule has 0 spiro atoms. The van der Waals surface area contributed by atoms with Gasteiger partial charge in [0.25, 0.3) is 0 Å². The van der Waals surface area contributed by atoms with Gasteiger partial charge < -0.3 is 20.1 Å². The average Bonchev–Trinajstić information content (AvgIpc) is 2.80. The van der Waals surface area contributed by atoms with Gasteiger partial charge in [0.05, 0.1) is 5.56 Å². The number of phenolic OH excluding ortho intramolecular Hbond substituents is 1. The summed E-state index contributed by atoms with van der Waals surface area (Å²) in [6.07, 6.45) is 0.684. The molecular formula is C27H24O7. The molecule has 0 radical (unpaired) electrons. The second-order valence-corrected chi connectivity index (χ2v) is 9.16. The molecule has 174 valence electrons. The van der Waals surface area contributed by atoms with Gasteiger partial charge in [-0.3, -0.25) is 14.4 Å². The lowest BCUT2D eigenvalue weighted by atomic mass is 9.60. The largest absolute Gasteiger partial charge is 0.508 e. The molecule has 7 heteroatoms. The number of fused-ring (bicyclic) bond motifs is 3. The van der Waals surface area contributed by atoms with E-state index < -0.39 is 40.5 Å². The molecule has 0 saturated carbocycles. The standard InChI is InChI=1S/C27H24O7/c1-14(28)21-20(34-13-15-6-3-2-4-7-15)12-18-11-17-10-16-8-5-9-19(29)22(16)24(30)23(17)26(32)27(18,33)25(21)31/h2-9,17-18,29,32-33H,10-13H2,1H3/t17-,18-,27+/m1/s1. The monoisotopic (exact) mass is 460 g/mol. The van der Waals surface area contributed by atoms with E-state index in [2.05, 4.69) is 0 Å². The van der Waals surface area contributed by atoms with E-state index in [1.807, 2.05) is 30.3 Å². The van der Waals surface area contributed by atoms with Crippen molar-refractivity contribution < 1.29 is 34.4 Å². The summed E-state index contributed by atoms with van der Waals surface area (Å²) in [4.78, 5) is 39.2. The Balaban J connectivity index is 1.57. The van der Waals surface area contributed by atoms with Crippen LogP contribution in [-0.2, 0) is 27.4 Å². The molecule has 0 bridgehead atoms. The number of hydrogen-bond donors (Lipinski definition) is 3. The molecule has 0 amide bonds. The topological polar surface area (TPSA) is 121 Å². The van der Waals surface area contributed by atoms with E-state index in [4.69, 9.17) is 4.74 Å². The Morgan fingerprint density at radius 1 is 1.06 bits per heavy atom. The highest BCUT2D eigenvalue weighted by Gasteiger charge is 2.59. The minimum Gasteiger partial charge on any atom is -0.508 e. The third-order valence-corrected chi connectivity index (χ3v) is 7.14. The first-order valence-corrected chi connectivity index (χ1v) is 11.2. The molecule has 0 fully saturated rings. The predicted octanol–water partition coefficient (Wildman–Crippen LogP) is 3.34. The first kappa shape index (κ1) is 22.1. The summed E-state index contributed by atoms with van der Waals surface area (Å²) in [7, 11) is 0. The van der Waals surface area contributed by atoms with E-state index in [1.165, 1.54) is 13.0 Å². The summed E-state index contributed by atoms with van der Waals surface area (Å²) in [5.41, 5.74) is -1.19. The van der Waals surface area contributed by atoms with Crippen LogP contribution in [0.4, 0.5) is 0 Å². The Bertz CT molecular complexity index is 1290. The van der Waals surface area contributed by atoms with E-state index in [1.54, 1.807) is 12.1 Å². The maximum absolute atomic E-state index is 13.5. The molecule has 3 aliphatic carbocycles. The number of aliphatic hydroxyl groups is 2. The van der Waals surface area contributed by atoms with Crippen LogP contribution in [0, 0.1) is 11.8 Å². The number of carbonyl (C=O) groups excluding carboxylic acids is 3. The fraction of sp³-hybridized carbons (Fsp3) is 0.296. The molecule has 0 saturated heterocycles. The Morgan fingerprint density at radius 2 is 1.79 bits per heavy atom. The minimum atomic E-state index is -2.40. The Kier molecular flexibility index (Phi) is 5.17. The number of benzene rings is 2. The highest BCUT2D eigenvalue weighted by atomic mass is 16.5. The molecule has 5 rings (SSSR count). The molecule has 3 aliphatic rings. The first-order valence-electron chi connectivity index (χ1n) is 11.2. The summed E-state index contributed by atoms with van der Waals surface area (Å²) in [6.45, 7) is 1.35. The number of ether oxygens (including phenoxy) is 1. The SMILES string of the molecule is CC(=O)C1=C(OCc2ccccc2)C[C@H]2C[C@H]3Cc4cccc(O)c4C(=O)C3=C(O)[C@@]2(O)C1=O. The number of rotatable bonds is 4. The van der Waals surface area contributed by atoms with Crippen LogP contribution in [-0.4, -0.2) is 38.3 Å². The van der Waals surface area contributed by atoms with E-state index in [0.29, 0.717) is 12.0 Å². The molecule has 0 heterocycles. The number of ketones is 3. The zero-order valence-electron chi connectivity index (χ0n) is 18.6. The van der Waals surface area contributed by atoms with Gasteiger partial charge in [-0.15, -0.1) is 0 Å². The quantitative estimate of drug-likeness (QED) is 0.599. The molecule has 7 nitrogen and oxygen atoms in total. The minimum absolute atomic E-state index is 0.0684. The lowest BCUT2D eigenvalue weighted by Crippen LogP contribution is -2.56. The fourth-order valence-corrected chi connectivity index (χ4v) is 5.52. The zero-order valence-corrected chi connectivity index (χ0v) is 18.6. The van der Waals surface area contributed by atoms with Crippen molar-refractivity contribution >= 4 is 17.3 Å². The van der Waals surface area contributed by atoms with Crippen molar-refractivity contribution in [2.75, 3.05) is 0 Å².